The Morgan fingerprint density at radius 3 is 2.75 bits per heavy atom. The van der Waals surface area contributed by atoms with Gasteiger partial charge in [-0.25, -0.2) is 4.39 Å². The van der Waals surface area contributed by atoms with E-state index in [4.69, 9.17) is 10.5 Å². The summed E-state index contributed by atoms with van der Waals surface area (Å²) in [4.78, 5) is 0. The van der Waals surface area contributed by atoms with Crippen molar-refractivity contribution in [1.82, 2.24) is 0 Å². The molecular formula is C12H12FNOS. The van der Waals surface area contributed by atoms with Crippen molar-refractivity contribution in [3.05, 3.63) is 52.0 Å². The predicted octanol–water partition coefficient (Wildman–Crippen LogP) is 2.94. The van der Waals surface area contributed by atoms with Gasteiger partial charge in [0.05, 0.1) is 13.2 Å². The molecule has 1 heterocycles. The van der Waals surface area contributed by atoms with Crippen molar-refractivity contribution in [3.63, 3.8) is 0 Å². The third kappa shape index (κ3) is 2.08. The van der Waals surface area contributed by atoms with Crippen LogP contribution < -0.4 is 10.5 Å². The van der Waals surface area contributed by atoms with Gasteiger partial charge >= 0.3 is 0 Å². The fourth-order valence-electron chi connectivity index (χ4n) is 1.51. The molecule has 84 valence electrons. The molecule has 16 heavy (non-hydrogen) atoms. The summed E-state index contributed by atoms with van der Waals surface area (Å²) in [6, 6.07) is 6.42. The lowest BCUT2D eigenvalue weighted by Gasteiger charge is -2.12. The van der Waals surface area contributed by atoms with Crippen molar-refractivity contribution in [2.45, 2.75) is 6.04 Å². The maximum Gasteiger partial charge on any atom is 0.165 e. The van der Waals surface area contributed by atoms with Crippen LogP contribution in [0.25, 0.3) is 0 Å². The molecule has 2 nitrogen and oxygen atoms in total. The van der Waals surface area contributed by atoms with Crippen molar-refractivity contribution in [1.29, 1.82) is 0 Å². The molecule has 2 aromatic rings. The van der Waals surface area contributed by atoms with E-state index in [9.17, 15) is 4.39 Å². The Kier molecular flexibility index (Phi) is 3.22. The van der Waals surface area contributed by atoms with Crippen LogP contribution >= 0.6 is 11.3 Å². The van der Waals surface area contributed by atoms with Gasteiger partial charge in [0.1, 0.15) is 0 Å². The molecule has 4 heteroatoms. The maximum absolute atomic E-state index is 13.2. The molecule has 0 spiro atoms. The summed E-state index contributed by atoms with van der Waals surface area (Å²) in [5.74, 6) is -0.146. The smallest absolute Gasteiger partial charge is 0.165 e. The maximum atomic E-state index is 13.2. The molecule has 1 aromatic heterocycles. The highest BCUT2D eigenvalue weighted by molar-refractivity contribution is 7.08. The standard InChI is InChI=1S/C12H12FNOS/c1-15-11-6-8(2-3-10(11)13)12(14)9-4-5-16-7-9/h2-7,12H,14H2,1H3/t12-/m1/s1. The molecule has 0 amide bonds. The molecule has 0 aliphatic carbocycles. The zero-order valence-corrected chi connectivity index (χ0v) is 9.63. The lowest BCUT2D eigenvalue weighted by molar-refractivity contribution is 0.385. The SMILES string of the molecule is COc1cc([C@@H](N)c2ccsc2)ccc1F. The second-order valence-electron chi connectivity index (χ2n) is 3.43. The van der Waals surface area contributed by atoms with E-state index in [-0.39, 0.29) is 17.6 Å². The Hall–Kier alpha value is -1.39. The summed E-state index contributed by atoms with van der Waals surface area (Å²) >= 11 is 1.59. The van der Waals surface area contributed by atoms with Crippen molar-refractivity contribution >= 4 is 11.3 Å². The number of hydrogen-bond donors (Lipinski definition) is 1. The molecule has 0 unspecified atom stereocenters. The quantitative estimate of drug-likeness (QED) is 0.890. The Balaban J connectivity index is 2.34. The first-order valence-electron chi connectivity index (χ1n) is 4.83. The van der Waals surface area contributed by atoms with E-state index in [0.29, 0.717) is 0 Å². The highest BCUT2D eigenvalue weighted by Crippen LogP contribution is 2.26. The van der Waals surface area contributed by atoms with Crippen LogP contribution in [0.3, 0.4) is 0 Å². The summed E-state index contributed by atoms with van der Waals surface area (Å²) in [6.45, 7) is 0. The number of methoxy groups -OCH3 is 1. The average Bonchev–Trinajstić information content (AvgIpc) is 2.82. The van der Waals surface area contributed by atoms with Gasteiger partial charge in [-0.05, 0) is 40.1 Å². The van der Waals surface area contributed by atoms with Gasteiger partial charge in [-0.15, -0.1) is 0 Å². The minimum atomic E-state index is -0.372. The Morgan fingerprint density at radius 2 is 2.12 bits per heavy atom. The van der Waals surface area contributed by atoms with Gasteiger partial charge in [-0.2, -0.15) is 11.3 Å². The van der Waals surface area contributed by atoms with Gasteiger partial charge in [-0.1, -0.05) is 6.07 Å². The van der Waals surface area contributed by atoms with Crippen LogP contribution in [0.4, 0.5) is 4.39 Å². The first-order chi connectivity index (χ1) is 7.72. The predicted molar refractivity (Wildman–Crippen MR) is 63.3 cm³/mol. The third-order valence-electron chi connectivity index (χ3n) is 2.44. The Morgan fingerprint density at radius 1 is 1.31 bits per heavy atom. The topological polar surface area (TPSA) is 35.2 Å². The molecule has 0 aliphatic rings. The first kappa shape index (κ1) is 11.1. The molecule has 1 atom stereocenters. The molecule has 0 saturated heterocycles. The monoisotopic (exact) mass is 237 g/mol. The first-order valence-corrected chi connectivity index (χ1v) is 5.77. The van der Waals surface area contributed by atoms with E-state index in [1.165, 1.54) is 13.2 Å². The molecule has 0 aliphatic heterocycles. The van der Waals surface area contributed by atoms with Crippen LogP contribution in [0.1, 0.15) is 17.2 Å². The number of benzene rings is 1. The van der Waals surface area contributed by atoms with Gasteiger partial charge < -0.3 is 10.5 Å². The highest BCUT2D eigenvalue weighted by atomic mass is 32.1. The number of thiophene rings is 1. The lowest BCUT2D eigenvalue weighted by Crippen LogP contribution is -2.11. The average molecular weight is 237 g/mol. The van der Waals surface area contributed by atoms with Gasteiger partial charge in [-0.3, -0.25) is 0 Å². The lowest BCUT2D eigenvalue weighted by atomic mass is 10.0. The summed E-state index contributed by atoms with van der Waals surface area (Å²) in [5, 5.41) is 3.95. The highest BCUT2D eigenvalue weighted by Gasteiger charge is 2.12. The molecule has 2 rings (SSSR count). The zero-order chi connectivity index (χ0) is 11.5. The minimum Gasteiger partial charge on any atom is -0.494 e. The van der Waals surface area contributed by atoms with E-state index >= 15 is 0 Å². The van der Waals surface area contributed by atoms with E-state index in [2.05, 4.69) is 0 Å². The van der Waals surface area contributed by atoms with Crippen LogP contribution in [0, 0.1) is 5.82 Å². The Labute approximate surface area is 97.5 Å². The molecule has 0 bridgehead atoms. The van der Waals surface area contributed by atoms with Crippen LogP contribution in [0.15, 0.2) is 35.0 Å². The zero-order valence-electron chi connectivity index (χ0n) is 8.81. The second-order valence-corrected chi connectivity index (χ2v) is 4.21. The molecule has 1 aromatic carbocycles. The summed E-state index contributed by atoms with van der Waals surface area (Å²) in [5.41, 5.74) is 7.93. The van der Waals surface area contributed by atoms with E-state index in [1.807, 2.05) is 16.8 Å². The summed E-state index contributed by atoms with van der Waals surface area (Å²) in [6.07, 6.45) is 0. The fourth-order valence-corrected chi connectivity index (χ4v) is 2.21. The van der Waals surface area contributed by atoms with Crippen LogP contribution in [-0.4, -0.2) is 7.11 Å². The number of nitrogens with two attached hydrogens (primary N) is 1. The van der Waals surface area contributed by atoms with Crippen molar-refractivity contribution in [2.75, 3.05) is 7.11 Å². The third-order valence-corrected chi connectivity index (χ3v) is 3.14. The molecular weight excluding hydrogens is 225 g/mol. The molecule has 2 N–H and O–H groups in total. The van der Waals surface area contributed by atoms with E-state index in [0.717, 1.165) is 11.1 Å². The van der Waals surface area contributed by atoms with Crippen molar-refractivity contribution in [3.8, 4) is 5.75 Å². The Bertz CT molecular complexity index is 470. The van der Waals surface area contributed by atoms with E-state index in [1.54, 1.807) is 23.5 Å². The van der Waals surface area contributed by atoms with Crippen LogP contribution in [0.2, 0.25) is 0 Å². The van der Waals surface area contributed by atoms with Crippen molar-refractivity contribution < 1.29 is 9.13 Å². The molecule has 0 saturated carbocycles. The van der Waals surface area contributed by atoms with Gasteiger partial charge in [0.2, 0.25) is 0 Å². The largest absolute Gasteiger partial charge is 0.494 e. The molecule has 0 fully saturated rings. The number of hydrogen-bond acceptors (Lipinski definition) is 3. The number of ether oxygens (including phenoxy) is 1. The second kappa shape index (κ2) is 4.63. The van der Waals surface area contributed by atoms with Crippen molar-refractivity contribution in [2.24, 2.45) is 5.73 Å². The summed E-state index contributed by atoms with van der Waals surface area (Å²) < 4.78 is 18.1. The van der Waals surface area contributed by atoms with Gasteiger partial charge in [0, 0.05) is 0 Å². The van der Waals surface area contributed by atoms with Gasteiger partial charge in [0.25, 0.3) is 0 Å². The normalized spacial score (nSPS) is 12.4. The van der Waals surface area contributed by atoms with E-state index < -0.39 is 0 Å². The summed E-state index contributed by atoms with van der Waals surface area (Å²) in [7, 11) is 1.44. The molecule has 0 radical (unpaired) electrons. The number of halogens is 1. The van der Waals surface area contributed by atoms with Crippen LogP contribution in [-0.2, 0) is 0 Å². The van der Waals surface area contributed by atoms with Gasteiger partial charge in [0.15, 0.2) is 11.6 Å². The fraction of sp³-hybridized carbons (Fsp3) is 0.167. The number of rotatable bonds is 3. The van der Waals surface area contributed by atoms with Crippen LogP contribution in [0.5, 0.6) is 5.75 Å². The minimum absolute atomic E-state index is 0.225.